The maximum absolute atomic E-state index is 11.3. The fraction of sp³-hybridized carbons (Fsp3) is 0.778. The van der Waals surface area contributed by atoms with Crippen LogP contribution in [0.4, 0.5) is 0 Å². The molecule has 0 unspecified atom stereocenters. The Morgan fingerprint density at radius 1 is 1.30 bits per heavy atom. The molecule has 2 radical (unpaired) electrons. The predicted molar refractivity (Wildman–Crippen MR) is 60.7 cm³/mol. The summed E-state index contributed by atoms with van der Waals surface area (Å²) in [6.45, 7) is 2.70. The molecule has 0 aliphatic carbocycles. The van der Waals surface area contributed by atoms with Crippen LogP contribution >= 0.6 is 0 Å². The van der Waals surface area contributed by atoms with Crippen LogP contribution in [-0.4, -0.2) is 84.2 Å². The average molecular weight is 497 g/mol. The molecule has 1 atom stereocenters. The number of hydrogen-bond donors (Lipinski definition) is 4. The summed E-state index contributed by atoms with van der Waals surface area (Å²) in [5.41, 5.74) is -0.937. The Hall–Kier alpha value is 2.31. The molecule has 0 fully saturated rings. The topological polar surface area (TPSA) is 107 Å². The molecular formula is C9H19CaCrCuMnNO5Zn. The van der Waals surface area contributed by atoms with Crippen LogP contribution in [-0.2, 0) is 80.6 Å². The number of aliphatic hydroxyl groups excluding tert-OH is 2. The van der Waals surface area contributed by atoms with Gasteiger partial charge >= 0.3 is 43.7 Å². The van der Waals surface area contributed by atoms with Gasteiger partial charge in [0, 0.05) is 82.9 Å². The first kappa shape index (κ1) is 38.1. The van der Waals surface area contributed by atoms with E-state index in [0.29, 0.717) is 0 Å². The van der Waals surface area contributed by atoms with Gasteiger partial charge in [0.2, 0.25) is 5.91 Å². The zero-order chi connectivity index (χ0) is 12.1. The molecule has 0 aromatic heterocycles. The minimum absolute atomic E-state index is 0. The van der Waals surface area contributed by atoms with Crippen molar-refractivity contribution in [1.29, 1.82) is 0 Å². The molecule has 118 valence electrons. The fourth-order valence-electron chi connectivity index (χ4n) is 0.831. The average Bonchev–Trinajstić information content (AvgIpc) is 2.15. The number of aliphatic carboxylic acids is 1. The van der Waals surface area contributed by atoms with Crippen LogP contribution in [0.2, 0.25) is 0 Å². The van der Waals surface area contributed by atoms with Gasteiger partial charge in [0.1, 0.15) is 6.10 Å². The smallest absolute Gasteiger partial charge is 0 e. The van der Waals surface area contributed by atoms with Crippen molar-refractivity contribution in [2.24, 2.45) is 5.41 Å². The summed E-state index contributed by atoms with van der Waals surface area (Å²) in [6.07, 6.45) is -1.55. The molecule has 0 spiro atoms. The number of nitrogens with one attached hydrogen (secondary N) is 1. The van der Waals surface area contributed by atoms with Crippen molar-refractivity contribution in [1.82, 2.24) is 5.32 Å². The van der Waals surface area contributed by atoms with E-state index in [1.54, 1.807) is 0 Å². The second kappa shape index (κ2) is 19.4. The predicted octanol–water partition coefficient (Wildman–Crippen LogP) is -1.97. The second-order valence-electron chi connectivity index (χ2n) is 3.98. The summed E-state index contributed by atoms with van der Waals surface area (Å²) < 4.78 is 0. The van der Waals surface area contributed by atoms with E-state index in [4.69, 9.17) is 10.2 Å². The first-order valence-corrected chi connectivity index (χ1v) is 4.59. The first-order chi connectivity index (χ1) is 6.81. The van der Waals surface area contributed by atoms with Crippen molar-refractivity contribution in [3.63, 3.8) is 0 Å². The van der Waals surface area contributed by atoms with Gasteiger partial charge in [-0.2, -0.15) is 0 Å². The molecule has 0 rings (SSSR count). The van der Waals surface area contributed by atoms with Crippen LogP contribution in [0, 0.1) is 5.41 Å². The Balaban J connectivity index is -0.0000000980. The second-order valence-corrected chi connectivity index (χ2v) is 3.98. The molecule has 6 nitrogen and oxygen atoms in total. The van der Waals surface area contributed by atoms with Gasteiger partial charge in [-0.1, -0.05) is 13.8 Å². The van der Waals surface area contributed by atoms with Gasteiger partial charge in [0.25, 0.3) is 0 Å². The molecular weight excluding hydrogens is 478 g/mol. The van der Waals surface area contributed by atoms with E-state index in [1.165, 1.54) is 13.8 Å². The number of rotatable bonds is 6. The molecule has 0 heterocycles. The van der Waals surface area contributed by atoms with Crippen molar-refractivity contribution >= 4 is 49.6 Å². The number of amides is 1. The van der Waals surface area contributed by atoms with E-state index in [2.05, 4.69) is 5.32 Å². The van der Waals surface area contributed by atoms with Gasteiger partial charge in [-0.3, -0.25) is 9.59 Å². The number of carbonyl (C=O) groups is 2. The van der Waals surface area contributed by atoms with Crippen LogP contribution in [0.1, 0.15) is 20.3 Å². The van der Waals surface area contributed by atoms with E-state index >= 15 is 0 Å². The molecule has 0 aliphatic rings. The summed E-state index contributed by atoms with van der Waals surface area (Å²) in [4.78, 5) is 21.4. The third kappa shape index (κ3) is 16.7. The molecule has 1 amide bonds. The minimum atomic E-state index is -1.35. The Labute approximate surface area is 193 Å². The number of carboxylic acids is 1. The maximum atomic E-state index is 11.3. The van der Waals surface area contributed by atoms with Gasteiger partial charge in [0.05, 0.1) is 13.0 Å². The van der Waals surface area contributed by atoms with E-state index in [0.717, 1.165) is 0 Å². The molecule has 0 aromatic rings. The maximum Gasteiger partial charge on any atom is 0 e. The Morgan fingerprint density at radius 2 is 1.70 bits per heavy atom. The van der Waals surface area contributed by atoms with Gasteiger partial charge < -0.3 is 20.6 Å². The summed E-state index contributed by atoms with van der Waals surface area (Å²) in [5, 5.41) is 29.0. The molecule has 11 heteroatoms. The Kier molecular flexibility index (Phi) is 36.9. The quantitative estimate of drug-likeness (QED) is 0.319. The van der Waals surface area contributed by atoms with E-state index in [9.17, 15) is 14.7 Å². The number of aliphatic hydroxyl groups is 2. The summed E-state index contributed by atoms with van der Waals surface area (Å²) in [5.74, 6) is -1.69. The minimum Gasteiger partial charge on any atom is 0 e. The van der Waals surface area contributed by atoms with E-state index in [-0.39, 0.29) is 128 Å². The van der Waals surface area contributed by atoms with Crippen LogP contribution in [0.3, 0.4) is 0 Å². The molecule has 20 heavy (non-hydrogen) atoms. The molecule has 0 saturated carbocycles. The third-order valence-electron chi connectivity index (χ3n) is 2.03. The molecule has 4 N–H and O–H groups in total. The number of carbonyl (C=O) groups excluding carboxylic acids is 1. The molecule has 0 saturated heterocycles. The van der Waals surface area contributed by atoms with Crippen LogP contribution in [0.25, 0.3) is 0 Å². The first-order valence-electron chi connectivity index (χ1n) is 4.59. The Bertz CT molecular complexity index is 266. The zero-order valence-electron chi connectivity index (χ0n) is 10.7. The van der Waals surface area contributed by atoms with Crippen molar-refractivity contribution in [3.8, 4) is 0 Å². The Morgan fingerprint density at radius 3 is 2.00 bits per heavy atom. The number of hydrogen-bond acceptors (Lipinski definition) is 4. The normalized spacial score (nSPS) is 10.0. The van der Waals surface area contributed by atoms with Crippen LogP contribution in [0.15, 0.2) is 0 Å². The van der Waals surface area contributed by atoms with Crippen LogP contribution < -0.4 is 5.32 Å². The summed E-state index contributed by atoms with van der Waals surface area (Å²) >= 11 is 0. The van der Waals surface area contributed by atoms with Crippen molar-refractivity contribution in [2.75, 3.05) is 13.2 Å². The summed E-state index contributed by atoms with van der Waals surface area (Å²) in [7, 11) is 0. The van der Waals surface area contributed by atoms with Gasteiger partial charge in [-0.15, -0.1) is 0 Å². The van der Waals surface area contributed by atoms with E-state index < -0.39 is 23.4 Å². The fourth-order valence-corrected chi connectivity index (χ4v) is 0.831. The van der Waals surface area contributed by atoms with E-state index in [1.807, 2.05) is 0 Å². The van der Waals surface area contributed by atoms with Crippen molar-refractivity contribution in [3.05, 3.63) is 0 Å². The molecule has 0 bridgehead atoms. The third-order valence-corrected chi connectivity index (χ3v) is 2.03. The van der Waals surface area contributed by atoms with Gasteiger partial charge in [-0.05, 0) is 0 Å². The monoisotopic (exact) mass is 495 g/mol. The molecule has 0 aliphatic heterocycles. The van der Waals surface area contributed by atoms with Gasteiger partial charge in [0.15, 0.2) is 0 Å². The van der Waals surface area contributed by atoms with Crippen molar-refractivity contribution < 1.29 is 95.9 Å². The van der Waals surface area contributed by atoms with Gasteiger partial charge in [-0.25, -0.2) is 0 Å². The van der Waals surface area contributed by atoms with Crippen LogP contribution in [0.5, 0.6) is 0 Å². The summed E-state index contributed by atoms with van der Waals surface area (Å²) in [6, 6.07) is 0. The largest absolute Gasteiger partial charge is 0 e. The zero-order valence-corrected chi connectivity index (χ0v) is 17.0. The SMILES string of the molecule is CC(C)(CO)[C@@H](O)C(=O)NCCC(=O)O.[CaH2].[Cr].[Cu].[Mn].[Zn]. The van der Waals surface area contributed by atoms with Crippen molar-refractivity contribution in [2.45, 2.75) is 26.4 Å². The number of carboxylic acid groups (broad SMARTS) is 1. The molecule has 0 aromatic carbocycles. The standard InChI is InChI=1S/C9H17NO5.Ca.Cr.Cu.Mn.Zn.2H/c1-9(2,5-11)7(14)8(15)10-4-3-6(12)13;;;;;;;/h7,11,14H,3-5H2,1-2H3,(H,10,15)(H,12,13);;;;;;;/t7-;;;;;;;/m0......./s1.